The number of benzene rings is 1. The smallest absolute Gasteiger partial charge is 0.0420 e. The zero-order valence-electron chi connectivity index (χ0n) is 10.4. The number of aryl methyl sites for hydroxylation is 1. The van der Waals surface area contributed by atoms with E-state index in [9.17, 15) is 0 Å². The fourth-order valence-corrected chi connectivity index (χ4v) is 2.08. The fraction of sp³-hybridized carbons (Fsp3) is 0.267. The van der Waals surface area contributed by atoms with Crippen LogP contribution in [0.2, 0.25) is 0 Å². The van der Waals surface area contributed by atoms with Crippen LogP contribution in [-0.4, -0.2) is 12.0 Å². The molecular weight excluding hydrogens is 208 g/mol. The maximum atomic E-state index is 4.35. The molecule has 17 heavy (non-hydrogen) atoms. The summed E-state index contributed by atoms with van der Waals surface area (Å²) in [5, 5.41) is 3.37. The molecule has 1 N–H and O–H groups in total. The molecule has 1 atom stereocenters. The Hall–Kier alpha value is -1.67. The van der Waals surface area contributed by atoms with Crippen molar-refractivity contribution in [2.75, 3.05) is 7.05 Å². The molecule has 2 nitrogen and oxygen atoms in total. The highest BCUT2D eigenvalue weighted by Gasteiger charge is 2.12. The third-order valence-corrected chi connectivity index (χ3v) is 3.05. The highest BCUT2D eigenvalue weighted by Crippen LogP contribution is 2.19. The first-order chi connectivity index (χ1) is 8.31. The summed E-state index contributed by atoms with van der Waals surface area (Å²) in [5.74, 6) is 0. The van der Waals surface area contributed by atoms with Crippen molar-refractivity contribution in [3.8, 4) is 0 Å². The molecular formula is C15H18N2. The van der Waals surface area contributed by atoms with E-state index in [2.05, 4.69) is 47.6 Å². The number of hydrogen-bond donors (Lipinski definition) is 1. The van der Waals surface area contributed by atoms with Crippen LogP contribution in [0.1, 0.15) is 22.9 Å². The summed E-state index contributed by atoms with van der Waals surface area (Å²) in [6.45, 7) is 2.06. The molecule has 0 aliphatic carbocycles. The van der Waals surface area contributed by atoms with Gasteiger partial charge in [-0.2, -0.15) is 0 Å². The fourth-order valence-electron chi connectivity index (χ4n) is 2.08. The van der Waals surface area contributed by atoms with Gasteiger partial charge < -0.3 is 5.32 Å². The number of aromatic nitrogens is 1. The van der Waals surface area contributed by atoms with Gasteiger partial charge in [0, 0.05) is 17.9 Å². The van der Waals surface area contributed by atoms with Crippen LogP contribution < -0.4 is 5.32 Å². The molecule has 0 aliphatic rings. The molecule has 1 aromatic heterocycles. The lowest BCUT2D eigenvalue weighted by atomic mass is 9.98. The zero-order valence-corrected chi connectivity index (χ0v) is 10.4. The predicted octanol–water partition coefficient (Wildman–Crippen LogP) is 2.89. The zero-order chi connectivity index (χ0) is 12.1. The van der Waals surface area contributed by atoms with E-state index >= 15 is 0 Å². The number of nitrogens with one attached hydrogen (secondary N) is 1. The van der Waals surface area contributed by atoms with Gasteiger partial charge >= 0.3 is 0 Å². The molecule has 88 valence electrons. The topological polar surface area (TPSA) is 24.9 Å². The highest BCUT2D eigenvalue weighted by atomic mass is 14.9. The van der Waals surface area contributed by atoms with Crippen LogP contribution in [0.25, 0.3) is 0 Å². The molecule has 1 unspecified atom stereocenters. The molecule has 1 heterocycles. The molecule has 0 saturated carbocycles. The third kappa shape index (κ3) is 2.92. The van der Waals surface area contributed by atoms with Crippen molar-refractivity contribution < 1.29 is 0 Å². The average molecular weight is 226 g/mol. The predicted molar refractivity (Wildman–Crippen MR) is 70.9 cm³/mol. The molecule has 0 aliphatic heterocycles. The lowest BCUT2D eigenvalue weighted by molar-refractivity contribution is 0.586. The van der Waals surface area contributed by atoms with Gasteiger partial charge in [0.2, 0.25) is 0 Å². The van der Waals surface area contributed by atoms with E-state index in [0.29, 0.717) is 6.04 Å². The van der Waals surface area contributed by atoms with Gasteiger partial charge in [0.15, 0.2) is 0 Å². The summed E-state index contributed by atoms with van der Waals surface area (Å²) in [6.07, 6.45) is 2.83. The van der Waals surface area contributed by atoms with Gasteiger partial charge in [0.25, 0.3) is 0 Å². The summed E-state index contributed by atoms with van der Waals surface area (Å²) in [7, 11) is 2.00. The Balaban J connectivity index is 2.21. The quantitative estimate of drug-likeness (QED) is 0.867. The van der Waals surface area contributed by atoms with Crippen molar-refractivity contribution in [3.05, 3.63) is 65.5 Å². The van der Waals surface area contributed by atoms with Gasteiger partial charge in [-0.25, -0.2) is 0 Å². The van der Waals surface area contributed by atoms with Crippen LogP contribution in [-0.2, 0) is 6.42 Å². The molecule has 0 bridgehead atoms. The lowest BCUT2D eigenvalue weighted by Crippen LogP contribution is -2.20. The second-order valence-electron chi connectivity index (χ2n) is 4.21. The average Bonchev–Trinajstić information content (AvgIpc) is 2.38. The first-order valence-corrected chi connectivity index (χ1v) is 5.94. The van der Waals surface area contributed by atoms with E-state index in [-0.39, 0.29) is 0 Å². The second-order valence-corrected chi connectivity index (χ2v) is 4.21. The van der Waals surface area contributed by atoms with Gasteiger partial charge in [0.1, 0.15) is 0 Å². The van der Waals surface area contributed by atoms with E-state index in [1.165, 1.54) is 11.1 Å². The van der Waals surface area contributed by atoms with Crippen molar-refractivity contribution in [1.29, 1.82) is 0 Å². The molecule has 0 radical (unpaired) electrons. The minimum absolute atomic E-state index is 0.325. The maximum Gasteiger partial charge on any atom is 0.0420 e. The van der Waals surface area contributed by atoms with Crippen molar-refractivity contribution >= 4 is 0 Å². The van der Waals surface area contributed by atoms with Gasteiger partial charge in [-0.15, -0.1) is 0 Å². The lowest BCUT2D eigenvalue weighted by Gasteiger charge is -2.18. The van der Waals surface area contributed by atoms with Crippen molar-refractivity contribution in [1.82, 2.24) is 10.3 Å². The molecule has 0 amide bonds. The molecule has 1 aromatic carbocycles. The van der Waals surface area contributed by atoms with Crippen molar-refractivity contribution in [2.24, 2.45) is 0 Å². The third-order valence-electron chi connectivity index (χ3n) is 3.05. The Morgan fingerprint density at radius 3 is 2.53 bits per heavy atom. The Bertz CT molecular complexity index is 465. The summed E-state index contributed by atoms with van der Waals surface area (Å²) >= 11 is 0. The van der Waals surface area contributed by atoms with E-state index in [1.54, 1.807) is 0 Å². The first kappa shape index (κ1) is 11.8. The van der Waals surface area contributed by atoms with Gasteiger partial charge in [-0.3, -0.25) is 4.98 Å². The molecule has 0 fully saturated rings. The minimum atomic E-state index is 0.325. The van der Waals surface area contributed by atoms with Crippen molar-refractivity contribution in [3.63, 3.8) is 0 Å². The second kappa shape index (κ2) is 5.60. The van der Waals surface area contributed by atoms with Crippen LogP contribution >= 0.6 is 0 Å². The minimum Gasteiger partial charge on any atom is -0.313 e. The van der Waals surface area contributed by atoms with Crippen molar-refractivity contribution in [2.45, 2.75) is 19.4 Å². The maximum absolute atomic E-state index is 4.35. The van der Waals surface area contributed by atoms with Gasteiger partial charge in [0.05, 0.1) is 0 Å². The first-order valence-electron chi connectivity index (χ1n) is 5.94. The Morgan fingerprint density at radius 2 is 1.88 bits per heavy atom. The van der Waals surface area contributed by atoms with Crippen LogP contribution in [0.15, 0.2) is 48.7 Å². The number of likely N-dealkylation sites (N-methyl/N-ethyl adjacent to an activating group) is 1. The highest BCUT2D eigenvalue weighted by molar-refractivity contribution is 5.26. The molecule has 2 aromatic rings. The van der Waals surface area contributed by atoms with Gasteiger partial charge in [-0.1, -0.05) is 36.4 Å². The molecule has 0 spiro atoms. The normalized spacial score (nSPS) is 12.4. The van der Waals surface area contributed by atoms with E-state index in [4.69, 9.17) is 0 Å². The van der Waals surface area contributed by atoms with Crippen LogP contribution in [0.4, 0.5) is 0 Å². The van der Waals surface area contributed by atoms with E-state index < -0.39 is 0 Å². The summed E-state index contributed by atoms with van der Waals surface area (Å²) < 4.78 is 0. The van der Waals surface area contributed by atoms with Crippen LogP contribution in [0, 0.1) is 6.92 Å². The Kier molecular flexibility index (Phi) is 3.89. The number of nitrogens with zero attached hydrogens (tertiary/aromatic N) is 1. The summed E-state index contributed by atoms with van der Waals surface area (Å²) in [6, 6.07) is 15.0. The number of hydrogen-bond acceptors (Lipinski definition) is 2. The molecule has 2 rings (SSSR count). The Labute approximate surface area is 103 Å². The van der Waals surface area contributed by atoms with E-state index in [1.807, 2.05) is 25.4 Å². The SMILES string of the molecule is CNC(Cc1ccccc1)c1cccnc1C. The largest absolute Gasteiger partial charge is 0.313 e. The molecule has 2 heteroatoms. The molecule has 0 saturated heterocycles. The van der Waals surface area contributed by atoms with E-state index in [0.717, 1.165) is 12.1 Å². The van der Waals surface area contributed by atoms with Gasteiger partial charge in [-0.05, 0) is 37.6 Å². The van der Waals surface area contributed by atoms with Crippen LogP contribution in [0.3, 0.4) is 0 Å². The monoisotopic (exact) mass is 226 g/mol. The number of rotatable bonds is 4. The standard InChI is InChI=1S/C15H18N2/c1-12-14(9-6-10-17-12)15(16-2)11-13-7-4-3-5-8-13/h3-10,15-16H,11H2,1-2H3. The summed E-state index contributed by atoms with van der Waals surface area (Å²) in [5.41, 5.74) is 3.72. The summed E-state index contributed by atoms with van der Waals surface area (Å²) in [4.78, 5) is 4.35. The Morgan fingerprint density at radius 1 is 1.12 bits per heavy atom. The van der Waals surface area contributed by atoms with Crippen LogP contribution in [0.5, 0.6) is 0 Å². The number of pyridine rings is 1.